The van der Waals surface area contributed by atoms with Crippen molar-refractivity contribution >= 4 is 5.96 Å². The molecular formula is C10H20N6O2. The second-order valence-corrected chi connectivity index (χ2v) is 3.63. The summed E-state index contributed by atoms with van der Waals surface area (Å²) in [6, 6.07) is 0. The second-order valence-electron chi connectivity index (χ2n) is 3.63. The summed E-state index contributed by atoms with van der Waals surface area (Å²) in [4.78, 5) is 8.33. The lowest BCUT2D eigenvalue weighted by molar-refractivity contribution is 0.197. The van der Waals surface area contributed by atoms with Crippen LogP contribution in [0.5, 0.6) is 0 Å². The van der Waals surface area contributed by atoms with Crippen LogP contribution in [0, 0.1) is 6.92 Å². The van der Waals surface area contributed by atoms with Gasteiger partial charge in [-0.2, -0.15) is 4.98 Å². The van der Waals surface area contributed by atoms with Gasteiger partial charge < -0.3 is 14.6 Å². The fourth-order valence-electron chi connectivity index (χ4n) is 1.28. The van der Waals surface area contributed by atoms with Gasteiger partial charge in [-0.15, -0.1) is 0 Å². The molecule has 8 nitrogen and oxygen atoms in total. The number of hydrogen-bond donors (Lipinski definition) is 3. The SMILES string of the molecule is COCCCN=C(NN)NCCc1nc(C)no1. The average Bonchev–Trinajstić information content (AvgIpc) is 2.78. The standard InChI is InChI=1S/C10H20N6O2/c1-8-14-9(18-16-8)4-6-13-10(15-11)12-5-3-7-17-2/h3-7,11H2,1-2H3,(H2,12,13,15). The first-order chi connectivity index (χ1) is 8.76. The Hall–Kier alpha value is -1.67. The molecule has 8 heteroatoms. The first kappa shape index (κ1) is 14.4. The topological polar surface area (TPSA) is 111 Å². The molecule has 1 aromatic heterocycles. The number of methoxy groups -OCH3 is 1. The molecule has 0 aromatic carbocycles. The molecule has 0 bridgehead atoms. The number of rotatable bonds is 7. The van der Waals surface area contributed by atoms with Gasteiger partial charge >= 0.3 is 0 Å². The fourth-order valence-corrected chi connectivity index (χ4v) is 1.28. The molecule has 0 spiro atoms. The summed E-state index contributed by atoms with van der Waals surface area (Å²) in [5.74, 6) is 7.12. The Balaban J connectivity index is 2.22. The molecule has 1 aromatic rings. The molecule has 0 aliphatic heterocycles. The molecular weight excluding hydrogens is 236 g/mol. The highest BCUT2D eigenvalue weighted by Crippen LogP contribution is 1.95. The minimum Gasteiger partial charge on any atom is -0.385 e. The lowest BCUT2D eigenvalue weighted by Crippen LogP contribution is -2.42. The number of hydrazine groups is 1. The zero-order chi connectivity index (χ0) is 13.2. The van der Waals surface area contributed by atoms with Crippen molar-refractivity contribution in [2.75, 3.05) is 26.8 Å². The molecule has 1 heterocycles. The molecule has 0 atom stereocenters. The van der Waals surface area contributed by atoms with Gasteiger partial charge in [-0.05, 0) is 13.3 Å². The van der Waals surface area contributed by atoms with Gasteiger partial charge in [-0.1, -0.05) is 5.16 Å². The highest BCUT2D eigenvalue weighted by molar-refractivity contribution is 5.79. The number of aromatic nitrogens is 2. The average molecular weight is 256 g/mol. The Kier molecular flexibility index (Phi) is 6.74. The van der Waals surface area contributed by atoms with E-state index < -0.39 is 0 Å². The third kappa shape index (κ3) is 5.60. The third-order valence-corrected chi connectivity index (χ3v) is 2.11. The van der Waals surface area contributed by atoms with Crippen molar-refractivity contribution < 1.29 is 9.26 Å². The van der Waals surface area contributed by atoms with Gasteiger partial charge in [0.25, 0.3) is 0 Å². The maximum atomic E-state index is 5.35. The van der Waals surface area contributed by atoms with Gasteiger partial charge in [0.15, 0.2) is 5.82 Å². The van der Waals surface area contributed by atoms with E-state index in [4.69, 9.17) is 15.1 Å². The van der Waals surface area contributed by atoms with Crippen LogP contribution in [-0.4, -0.2) is 42.9 Å². The summed E-state index contributed by atoms with van der Waals surface area (Å²) in [5, 5.41) is 6.76. The summed E-state index contributed by atoms with van der Waals surface area (Å²) >= 11 is 0. The lowest BCUT2D eigenvalue weighted by Gasteiger charge is -2.07. The van der Waals surface area contributed by atoms with E-state index >= 15 is 0 Å². The monoisotopic (exact) mass is 256 g/mol. The molecule has 0 fully saturated rings. The van der Waals surface area contributed by atoms with Gasteiger partial charge in [0.2, 0.25) is 11.9 Å². The molecule has 102 valence electrons. The van der Waals surface area contributed by atoms with Crippen LogP contribution in [0.15, 0.2) is 9.52 Å². The van der Waals surface area contributed by atoms with Crippen LogP contribution in [0.3, 0.4) is 0 Å². The van der Waals surface area contributed by atoms with Crippen molar-refractivity contribution in [1.29, 1.82) is 0 Å². The maximum Gasteiger partial charge on any atom is 0.228 e. The quantitative estimate of drug-likeness (QED) is 0.196. The Bertz CT molecular complexity index is 365. The molecule has 18 heavy (non-hydrogen) atoms. The molecule has 0 amide bonds. The highest BCUT2D eigenvalue weighted by atomic mass is 16.5. The van der Waals surface area contributed by atoms with Crippen LogP contribution in [0.1, 0.15) is 18.1 Å². The van der Waals surface area contributed by atoms with E-state index in [0.29, 0.717) is 43.8 Å². The van der Waals surface area contributed by atoms with E-state index in [2.05, 4.69) is 25.9 Å². The normalized spacial score (nSPS) is 11.6. The number of nitrogens with two attached hydrogens (primary N) is 1. The van der Waals surface area contributed by atoms with Crippen LogP contribution in [0.25, 0.3) is 0 Å². The van der Waals surface area contributed by atoms with Crippen LogP contribution in [0.4, 0.5) is 0 Å². The van der Waals surface area contributed by atoms with E-state index in [0.717, 1.165) is 6.42 Å². The van der Waals surface area contributed by atoms with Crippen molar-refractivity contribution in [3.63, 3.8) is 0 Å². The highest BCUT2D eigenvalue weighted by Gasteiger charge is 2.02. The van der Waals surface area contributed by atoms with E-state index in [-0.39, 0.29) is 0 Å². The van der Waals surface area contributed by atoms with Crippen molar-refractivity contribution in [2.24, 2.45) is 10.8 Å². The summed E-state index contributed by atoms with van der Waals surface area (Å²) in [7, 11) is 1.66. The van der Waals surface area contributed by atoms with Gasteiger partial charge in [-0.25, -0.2) is 5.84 Å². The summed E-state index contributed by atoms with van der Waals surface area (Å²) < 4.78 is 9.91. The van der Waals surface area contributed by atoms with Crippen molar-refractivity contribution in [3.05, 3.63) is 11.7 Å². The smallest absolute Gasteiger partial charge is 0.228 e. The summed E-state index contributed by atoms with van der Waals surface area (Å²) in [6.45, 7) is 3.74. The molecule has 0 saturated carbocycles. The Morgan fingerprint density at radius 1 is 1.56 bits per heavy atom. The van der Waals surface area contributed by atoms with Crippen LogP contribution in [-0.2, 0) is 11.2 Å². The van der Waals surface area contributed by atoms with Gasteiger partial charge in [0, 0.05) is 33.2 Å². The number of aliphatic imine (C=N–C) groups is 1. The van der Waals surface area contributed by atoms with Gasteiger partial charge in [0.1, 0.15) is 0 Å². The number of guanidine groups is 1. The van der Waals surface area contributed by atoms with Crippen LogP contribution in [0.2, 0.25) is 0 Å². The maximum absolute atomic E-state index is 5.35. The number of nitrogens with one attached hydrogen (secondary N) is 2. The Morgan fingerprint density at radius 3 is 3.00 bits per heavy atom. The first-order valence-electron chi connectivity index (χ1n) is 5.79. The number of aryl methyl sites for hydroxylation is 1. The Morgan fingerprint density at radius 2 is 2.39 bits per heavy atom. The molecule has 0 unspecified atom stereocenters. The Labute approximate surface area is 106 Å². The van der Waals surface area contributed by atoms with E-state index in [1.807, 2.05) is 0 Å². The third-order valence-electron chi connectivity index (χ3n) is 2.11. The largest absolute Gasteiger partial charge is 0.385 e. The predicted molar refractivity (Wildman–Crippen MR) is 66.9 cm³/mol. The van der Waals surface area contributed by atoms with E-state index in [1.54, 1.807) is 14.0 Å². The molecule has 1 rings (SSSR count). The molecule has 0 saturated heterocycles. The number of ether oxygens (including phenoxy) is 1. The minimum absolute atomic E-state index is 0.544. The van der Waals surface area contributed by atoms with Gasteiger partial charge in [-0.3, -0.25) is 10.4 Å². The molecule has 0 aliphatic carbocycles. The second kappa shape index (κ2) is 8.43. The first-order valence-corrected chi connectivity index (χ1v) is 5.79. The van der Waals surface area contributed by atoms with Crippen molar-refractivity contribution in [1.82, 2.24) is 20.9 Å². The van der Waals surface area contributed by atoms with Crippen LogP contribution >= 0.6 is 0 Å². The molecule has 0 radical (unpaired) electrons. The van der Waals surface area contributed by atoms with Gasteiger partial charge in [0.05, 0.1) is 0 Å². The summed E-state index contributed by atoms with van der Waals surface area (Å²) in [6.07, 6.45) is 1.48. The predicted octanol–water partition coefficient (Wildman–Crippen LogP) is -0.634. The van der Waals surface area contributed by atoms with E-state index in [9.17, 15) is 0 Å². The van der Waals surface area contributed by atoms with E-state index in [1.165, 1.54) is 0 Å². The van der Waals surface area contributed by atoms with Crippen molar-refractivity contribution in [3.8, 4) is 0 Å². The minimum atomic E-state index is 0.544. The molecule has 4 N–H and O–H groups in total. The number of nitrogens with zero attached hydrogens (tertiary/aromatic N) is 3. The van der Waals surface area contributed by atoms with Crippen molar-refractivity contribution in [2.45, 2.75) is 19.8 Å². The zero-order valence-electron chi connectivity index (χ0n) is 10.8. The zero-order valence-corrected chi connectivity index (χ0v) is 10.8. The molecule has 0 aliphatic rings. The lowest BCUT2D eigenvalue weighted by atomic mass is 10.4. The fraction of sp³-hybridized carbons (Fsp3) is 0.700. The number of hydrogen-bond acceptors (Lipinski definition) is 6. The van der Waals surface area contributed by atoms with Crippen LogP contribution < -0.4 is 16.6 Å². The summed E-state index contributed by atoms with van der Waals surface area (Å²) in [5.41, 5.74) is 2.50.